The van der Waals surface area contributed by atoms with Crippen LogP contribution in [0.5, 0.6) is 0 Å². The van der Waals surface area contributed by atoms with E-state index < -0.39 is 0 Å². The second-order valence-corrected chi connectivity index (χ2v) is 8.29. The van der Waals surface area contributed by atoms with E-state index in [4.69, 9.17) is 9.72 Å². The SMILES string of the molecule is CCOC(=O)N1CCN(c2nc(C)cc(Nc3ccccc3C(C)(C)C)n2)CC1. The van der Waals surface area contributed by atoms with Gasteiger partial charge in [-0.3, -0.25) is 0 Å². The van der Waals surface area contributed by atoms with Crippen LogP contribution in [-0.2, 0) is 10.2 Å². The minimum atomic E-state index is -0.251. The van der Waals surface area contributed by atoms with Gasteiger partial charge >= 0.3 is 6.09 Å². The fourth-order valence-corrected chi connectivity index (χ4v) is 3.45. The Morgan fingerprint density at radius 3 is 2.48 bits per heavy atom. The Hall–Kier alpha value is -2.83. The van der Waals surface area contributed by atoms with E-state index in [1.807, 2.05) is 26.0 Å². The Morgan fingerprint density at radius 2 is 1.83 bits per heavy atom. The maximum Gasteiger partial charge on any atom is 0.409 e. The number of carbonyl (C=O) groups is 1. The van der Waals surface area contributed by atoms with Gasteiger partial charge in [-0.25, -0.2) is 9.78 Å². The first kappa shape index (κ1) is 20.9. The first-order valence-electron chi connectivity index (χ1n) is 10.2. The lowest BCUT2D eigenvalue weighted by Crippen LogP contribution is -2.49. The van der Waals surface area contributed by atoms with Crippen LogP contribution in [0.25, 0.3) is 0 Å². The molecule has 0 bridgehead atoms. The molecule has 2 heterocycles. The van der Waals surface area contributed by atoms with Gasteiger partial charge in [-0.05, 0) is 30.9 Å². The molecule has 1 amide bonds. The Balaban J connectivity index is 1.76. The van der Waals surface area contributed by atoms with Crippen molar-refractivity contribution in [2.24, 2.45) is 0 Å². The number of para-hydroxylation sites is 1. The number of aromatic nitrogens is 2. The van der Waals surface area contributed by atoms with Crippen LogP contribution in [-0.4, -0.2) is 53.7 Å². The molecule has 0 aliphatic carbocycles. The molecular formula is C22H31N5O2. The summed E-state index contributed by atoms with van der Waals surface area (Å²) in [6.07, 6.45) is -0.251. The summed E-state index contributed by atoms with van der Waals surface area (Å²) in [5.74, 6) is 1.46. The molecular weight excluding hydrogens is 366 g/mol. The molecule has 1 aromatic carbocycles. The van der Waals surface area contributed by atoms with Gasteiger partial charge < -0.3 is 19.9 Å². The fraction of sp³-hybridized carbons (Fsp3) is 0.500. The third-order valence-corrected chi connectivity index (χ3v) is 4.93. The molecule has 1 saturated heterocycles. The normalized spacial score (nSPS) is 14.7. The van der Waals surface area contributed by atoms with Crippen LogP contribution in [0.3, 0.4) is 0 Å². The molecule has 1 fully saturated rings. The number of aryl methyl sites for hydroxylation is 1. The summed E-state index contributed by atoms with van der Waals surface area (Å²) in [6, 6.07) is 10.3. The van der Waals surface area contributed by atoms with Crippen LogP contribution in [0.2, 0.25) is 0 Å². The number of carbonyl (C=O) groups excluding carboxylic acids is 1. The van der Waals surface area contributed by atoms with Gasteiger partial charge in [0.05, 0.1) is 6.61 Å². The number of ether oxygens (including phenoxy) is 1. The molecule has 2 aromatic rings. The number of benzene rings is 1. The van der Waals surface area contributed by atoms with Crippen molar-refractivity contribution in [1.29, 1.82) is 0 Å². The molecule has 7 heteroatoms. The van der Waals surface area contributed by atoms with Gasteiger partial charge in [-0.2, -0.15) is 4.98 Å². The molecule has 0 spiro atoms. The van der Waals surface area contributed by atoms with Gasteiger partial charge in [0.15, 0.2) is 0 Å². The number of amides is 1. The molecule has 1 N–H and O–H groups in total. The summed E-state index contributed by atoms with van der Waals surface area (Å²) >= 11 is 0. The molecule has 29 heavy (non-hydrogen) atoms. The number of piperazine rings is 1. The molecule has 156 valence electrons. The van der Waals surface area contributed by atoms with Crippen molar-refractivity contribution in [2.45, 2.75) is 40.0 Å². The van der Waals surface area contributed by atoms with Gasteiger partial charge in [-0.15, -0.1) is 0 Å². The van der Waals surface area contributed by atoms with Gasteiger partial charge in [0.2, 0.25) is 5.95 Å². The first-order chi connectivity index (χ1) is 13.8. The molecule has 1 aliphatic rings. The quantitative estimate of drug-likeness (QED) is 0.837. The highest BCUT2D eigenvalue weighted by Gasteiger charge is 2.24. The summed E-state index contributed by atoms with van der Waals surface area (Å²) in [4.78, 5) is 25.1. The summed E-state index contributed by atoms with van der Waals surface area (Å²) in [5.41, 5.74) is 3.22. The average Bonchev–Trinajstić information content (AvgIpc) is 2.67. The molecule has 1 aromatic heterocycles. The van der Waals surface area contributed by atoms with Gasteiger partial charge in [0.1, 0.15) is 5.82 Å². The van der Waals surface area contributed by atoms with Crippen molar-refractivity contribution in [3.8, 4) is 0 Å². The van der Waals surface area contributed by atoms with Crippen LogP contribution in [0, 0.1) is 6.92 Å². The van der Waals surface area contributed by atoms with Crippen molar-refractivity contribution >= 4 is 23.5 Å². The van der Waals surface area contributed by atoms with Crippen molar-refractivity contribution < 1.29 is 9.53 Å². The van der Waals surface area contributed by atoms with Crippen molar-refractivity contribution in [1.82, 2.24) is 14.9 Å². The lowest BCUT2D eigenvalue weighted by Gasteiger charge is -2.34. The van der Waals surface area contributed by atoms with Crippen molar-refractivity contribution in [3.05, 3.63) is 41.6 Å². The van der Waals surface area contributed by atoms with Crippen molar-refractivity contribution in [2.75, 3.05) is 43.0 Å². The Kier molecular flexibility index (Phi) is 6.25. The minimum absolute atomic E-state index is 0.0257. The minimum Gasteiger partial charge on any atom is -0.450 e. The predicted octanol–water partition coefficient (Wildman–Crippen LogP) is 4.10. The average molecular weight is 398 g/mol. The molecule has 0 atom stereocenters. The lowest BCUT2D eigenvalue weighted by molar-refractivity contribution is 0.105. The summed E-state index contributed by atoms with van der Waals surface area (Å²) in [7, 11) is 0. The second kappa shape index (κ2) is 8.68. The Morgan fingerprint density at radius 1 is 1.14 bits per heavy atom. The van der Waals surface area contributed by atoms with E-state index in [9.17, 15) is 4.79 Å². The largest absolute Gasteiger partial charge is 0.450 e. The monoisotopic (exact) mass is 397 g/mol. The fourth-order valence-electron chi connectivity index (χ4n) is 3.45. The van der Waals surface area contributed by atoms with Crippen LogP contribution in [0.1, 0.15) is 39.0 Å². The zero-order valence-corrected chi connectivity index (χ0v) is 18.0. The van der Waals surface area contributed by atoms with E-state index >= 15 is 0 Å². The smallest absolute Gasteiger partial charge is 0.409 e. The molecule has 0 radical (unpaired) electrons. The molecule has 1 aliphatic heterocycles. The van der Waals surface area contributed by atoms with E-state index in [-0.39, 0.29) is 11.5 Å². The topological polar surface area (TPSA) is 70.6 Å². The third kappa shape index (κ3) is 5.16. The molecule has 7 nitrogen and oxygen atoms in total. The molecule has 3 rings (SSSR count). The van der Waals surface area contributed by atoms with Crippen LogP contribution < -0.4 is 10.2 Å². The predicted molar refractivity (Wildman–Crippen MR) is 116 cm³/mol. The van der Waals surface area contributed by atoms with Gasteiger partial charge in [0.25, 0.3) is 0 Å². The maximum atomic E-state index is 11.9. The molecule has 0 unspecified atom stereocenters. The van der Waals surface area contributed by atoms with Gasteiger partial charge in [-0.1, -0.05) is 39.0 Å². The summed E-state index contributed by atoms with van der Waals surface area (Å²) in [5, 5.41) is 3.48. The zero-order chi connectivity index (χ0) is 21.0. The Bertz CT molecular complexity index is 855. The standard InChI is InChI=1S/C22H31N5O2/c1-6-29-21(28)27-13-11-26(12-14-27)20-23-16(2)15-19(25-20)24-18-10-8-7-9-17(18)22(3,4)5/h7-10,15H,6,11-14H2,1-5H3,(H,23,24,25). The summed E-state index contributed by atoms with van der Waals surface area (Å²) in [6.45, 7) is 13.4. The maximum absolute atomic E-state index is 11.9. The van der Waals surface area contributed by atoms with Crippen LogP contribution in [0.4, 0.5) is 22.2 Å². The second-order valence-electron chi connectivity index (χ2n) is 8.29. The highest BCUT2D eigenvalue weighted by atomic mass is 16.6. The van der Waals surface area contributed by atoms with Crippen LogP contribution in [0.15, 0.2) is 30.3 Å². The number of anilines is 3. The number of hydrogen-bond acceptors (Lipinski definition) is 6. The van der Waals surface area contributed by atoms with E-state index in [1.54, 1.807) is 4.90 Å². The third-order valence-electron chi connectivity index (χ3n) is 4.93. The van der Waals surface area contributed by atoms with E-state index in [1.165, 1.54) is 5.56 Å². The number of rotatable bonds is 4. The van der Waals surface area contributed by atoms with Crippen molar-refractivity contribution in [3.63, 3.8) is 0 Å². The number of nitrogens with one attached hydrogen (secondary N) is 1. The summed E-state index contributed by atoms with van der Waals surface area (Å²) < 4.78 is 5.09. The van der Waals surface area contributed by atoms with E-state index in [2.05, 4.69) is 54.2 Å². The van der Waals surface area contributed by atoms with Crippen LogP contribution >= 0.6 is 0 Å². The highest BCUT2D eigenvalue weighted by molar-refractivity contribution is 5.68. The highest BCUT2D eigenvalue weighted by Crippen LogP contribution is 2.31. The number of nitrogens with zero attached hydrogens (tertiary/aromatic N) is 4. The zero-order valence-electron chi connectivity index (χ0n) is 18.0. The number of hydrogen-bond donors (Lipinski definition) is 1. The lowest BCUT2D eigenvalue weighted by atomic mass is 9.86. The van der Waals surface area contributed by atoms with E-state index in [0.717, 1.165) is 17.2 Å². The van der Waals surface area contributed by atoms with Gasteiger partial charge in [0, 0.05) is 43.6 Å². The molecule has 0 saturated carbocycles. The van der Waals surface area contributed by atoms with E-state index in [0.29, 0.717) is 38.7 Å². The first-order valence-corrected chi connectivity index (χ1v) is 10.2. The Labute approximate surface area is 173 Å².